The summed E-state index contributed by atoms with van der Waals surface area (Å²) >= 11 is 0. The van der Waals surface area contributed by atoms with Crippen molar-refractivity contribution in [1.82, 2.24) is 9.88 Å². The fourth-order valence-electron chi connectivity index (χ4n) is 7.27. The second kappa shape index (κ2) is 21.1. The maximum atomic E-state index is 13.3. The summed E-state index contributed by atoms with van der Waals surface area (Å²) in [6.07, 6.45) is 13.0. The van der Waals surface area contributed by atoms with Crippen LogP contribution in [0.3, 0.4) is 0 Å². The van der Waals surface area contributed by atoms with Gasteiger partial charge in [0.1, 0.15) is 35.7 Å². The van der Waals surface area contributed by atoms with E-state index in [9.17, 15) is 45.0 Å². The summed E-state index contributed by atoms with van der Waals surface area (Å²) < 4.78 is 19.0. The molecule has 14 heteroatoms. The fraction of sp³-hybridized carbons (Fsp3) is 0.523. The van der Waals surface area contributed by atoms with Crippen LogP contribution < -0.4 is 10.9 Å². The SMILES string of the molecule is CC=CC=CC1O[C@](O)(C(CC)C(=O)NCC=CC=C(C)C(OC)C(C)C2OC(C=CC=CC=C(C)C(=O)c3c(O)ccn(C)c3=O)C(O)C2O)C(O)C(O)C1(C)C. The van der Waals surface area contributed by atoms with Crippen LogP contribution in [-0.2, 0) is 26.1 Å². The predicted octanol–water partition coefficient (Wildman–Crippen LogP) is 3.09. The van der Waals surface area contributed by atoms with E-state index < -0.39 is 94.9 Å². The lowest BCUT2D eigenvalue weighted by atomic mass is 9.71. The number of ether oxygens (including phenoxy) is 3. The minimum absolute atomic E-state index is 0.0818. The molecule has 1 aromatic heterocycles. The number of allylic oxidation sites excluding steroid dienone is 10. The average Bonchev–Trinajstić information content (AvgIpc) is 3.46. The van der Waals surface area contributed by atoms with Gasteiger partial charge in [-0.2, -0.15) is 0 Å². The molecule has 2 fully saturated rings. The third-order valence-electron chi connectivity index (χ3n) is 11.0. The van der Waals surface area contributed by atoms with Gasteiger partial charge in [-0.3, -0.25) is 14.4 Å². The summed E-state index contributed by atoms with van der Waals surface area (Å²) in [5.41, 5.74) is -0.881. The van der Waals surface area contributed by atoms with Crippen LogP contribution >= 0.6 is 0 Å². The first kappa shape index (κ1) is 48.1. The zero-order chi connectivity index (χ0) is 43.5. The molecular formula is C44H62N2O12. The number of aliphatic hydroxyl groups excluding tert-OH is 4. The predicted molar refractivity (Wildman–Crippen MR) is 220 cm³/mol. The Labute approximate surface area is 340 Å². The number of methoxy groups -OCH3 is 1. The number of aromatic nitrogens is 1. The van der Waals surface area contributed by atoms with Gasteiger partial charge in [-0.05, 0) is 44.4 Å². The summed E-state index contributed by atoms with van der Waals surface area (Å²) in [5, 5.41) is 68.0. The van der Waals surface area contributed by atoms with Crippen LogP contribution in [0.4, 0.5) is 0 Å². The lowest BCUT2D eigenvalue weighted by molar-refractivity contribution is -0.359. The van der Waals surface area contributed by atoms with Crippen LogP contribution in [0.2, 0.25) is 0 Å². The van der Waals surface area contributed by atoms with Gasteiger partial charge < -0.3 is 54.7 Å². The number of carbonyl (C=O) groups excluding carboxylic acids is 2. The Morgan fingerprint density at radius 2 is 1.67 bits per heavy atom. The third-order valence-corrected chi connectivity index (χ3v) is 11.0. The van der Waals surface area contributed by atoms with E-state index in [2.05, 4.69) is 5.32 Å². The molecule has 1 aromatic rings. The molecule has 0 saturated carbocycles. The monoisotopic (exact) mass is 810 g/mol. The van der Waals surface area contributed by atoms with E-state index in [1.165, 1.54) is 44.0 Å². The van der Waals surface area contributed by atoms with Crippen molar-refractivity contribution in [3.8, 4) is 5.75 Å². The van der Waals surface area contributed by atoms with Crippen LogP contribution in [0.25, 0.3) is 0 Å². The molecule has 0 aliphatic carbocycles. The first-order valence-corrected chi connectivity index (χ1v) is 19.5. The maximum Gasteiger partial charge on any atom is 0.265 e. The highest BCUT2D eigenvalue weighted by atomic mass is 16.7. The number of pyridine rings is 1. The molecule has 320 valence electrons. The van der Waals surface area contributed by atoms with Gasteiger partial charge >= 0.3 is 0 Å². The number of hydrogen-bond acceptors (Lipinski definition) is 12. The van der Waals surface area contributed by atoms with Gasteiger partial charge in [-0.25, -0.2) is 0 Å². The highest BCUT2D eigenvalue weighted by Gasteiger charge is 2.60. The Hall–Kier alpha value is -4.25. The second-order valence-corrected chi connectivity index (χ2v) is 15.5. The molecule has 1 amide bonds. The summed E-state index contributed by atoms with van der Waals surface area (Å²) in [6.45, 7) is 12.2. The van der Waals surface area contributed by atoms with Crippen LogP contribution in [0.1, 0.15) is 65.2 Å². The van der Waals surface area contributed by atoms with Crippen LogP contribution in [0.15, 0.2) is 101 Å². The summed E-state index contributed by atoms with van der Waals surface area (Å²) in [5.74, 6) is -5.51. The number of carbonyl (C=O) groups is 2. The molecule has 3 heterocycles. The van der Waals surface area contributed by atoms with Crippen LogP contribution in [-0.4, -0.2) is 115 Å². The van der Waals surface area contributed by atoms with Gasteiger partial charge in [0.25, 0.3) is 5.56 Å². The first-order chi connectivity index (χ1) is 27.3. The molecule has 10 unspecified atom stereocenters. The van der Waals surface area contributed by atoms with Crippen molar-refractivity contribution >= 4 is 11.7 Å². The molecule has 0 radical (unpaired) electrons. The minimum atomic E-state index is -2.34. The van der Waals surface area contributed by atoms with Crippen molar-refractivity contribution in [3.05, 3.63) is 112 Å². The molecule has 3 rings (SSSR count). The number of amides is 1. The third kappa shape index (κ3) is 10.9. The largest absolute Gasteiger partial charge is 0.507 e. The van der Waals surface area contributed by atoms with Crippen molar-refractivity contribution in [2.24, 2.45) is 24.3 Å². The lowest BCUT2D eigenvalue weighted by Crippen LogP contribution is -2.69. The van der Waals surface area contributed by atoms with Crippen LogP contribution in [0, 0.1) is 17.3 Å². The van der Waals surface area contributed by atoms with Gasteiger partial charge in [0.2, 0.25) is 11.7 Å². The number of nitrogens with one attached hydrogen (secondary N) is 1. The number of ketones is 1. The number of aryl methyl sites for hydroxylation is 1. The Morgan fingerprint density at radius 1 is 1.00 bits per heavy atom. The molecule has 11 atom stereocenters. The maximum absolute atomic E-state index is 13.3. The number of aromatic hydroxyl groups is 1. The Balaban J connectivity index is 1.61. The quantitative estimate of drug-likeness (QED) is 0.0687. The van der Waals surface area contributed by atoms with Gasteiger partial charge in [-0.1, -0.05) is 101 Å². The minimum Gasteiger partial charge on any atom is -0.507 e. The number of rotatable bonds is 17. The molecule has 14 nitrogen and oxygen atoms in total. The summed E-state index contributed by atoms with van der Waals surface area (Å²) in [4.78, 5) is 38.4. The first-order valence-electron chi connectivity index (χ1n) is 19.5. The second-order valence-electron chi connectivity index (χ2n) is 15.5. The molecule has 0 spiro atoms. The number of nitrogens with zero attached hydrogens (tertiary/aromatic N) is 1. The van der Waals surface area contributed by atoms with E-state index in [1.54, 1.807) is 81.5 Å². The topological polar surface area (TPSA) is 217 Å². The highest BCUT2D eigenvalue weighted by Crippen LogP contribution is 2.44. The number of hydrogen-bond donors (Lipinski definition) is 7. The molecular weight excluding hydrogens is 748 g/mol. The zero-order valence-corrected chi connectivity index (χ0v) is 34.9. The Bertz CT molecular complexity index is 1860. The van der Waals surface area contributed by atoms with Crippen molar-refractivity contribution in [3.63, 3.8) is 0 Å². The van der Waals surface area contributed by atoms with Gasteiger partial charge in [0.05, 0.1) is 30.3 Å². The molecule has 7 N–H and O–H groups in total. The van der Waals surface area contributed by atoms with Crippen molar-refractivity contribution in [2.75, 3.05) is 13.7 Å². The van der Waals surface area contributed by atoms with E-state index in [0.717, 1.165) is 5.57 Å². The average molecular weight is 811 g/mol. The zero-order valence-electron chi connectivity index (χ0n) is 34.9. The van der Waals surface area contributed by atoms with Gasteiger partial charge in [0.15, 0.2) is 5.78 Å². The van der Waals surface area contributed by atoms with E-state index in [-0.39, 0.29) is 24.1 Å². The smallest absolute Gasteiger partial charge is 0.265 e. The normalized spacial score (nSPS) is 29.9. The van der Waals surface area contributed by atoms with Crippen LogP contribution in [0.5, 0.6) is 5.75 Å². The van der Waals surface area contributed by atoms with E-state index in [4.69, 9.17) is 14.2 Å². The van der Waals surface area contributed by atoms with Gasteiger partial charge in [0, 0.05) is 38.2 Å². The highest BCUT2D eigenvalue weighted by molar-refractivity contribution is 6.09. The Kier molecular flexibility index (Phi) is 17.5. The summed E-state index contributed by atoms with van der Waals surface area (Å²) in [6, 6.07) is 1.27. The van der Waals surface area contributed by atoms with Crippen molar-refractivity contribution in [1.29, 1.82) is 0 Å². The van der Waals surface area contributed by atoms with Gasteiger partial charge in [-0.15, -0.1) is 0 Å². The Morgan fingerprint density at radius 3 is 2.31 bits per heavy atom. The molecule has 0 bridgehead atoms. The number of Topliss-reactive ketones (excluding diaryl/α,β-unsaturated/α-hetero) is 1. The lowest BCUT2D eigenvalue weighted by Gasteiger charge is -2.53. The van der Waals surface area contributed by atoms with E-state index in [0.29, 0.717) is 0 Å². The molecule has 2 aliphatic heterocycles. The fourth-order valence-corrected chi connectivity index (χ4v) is 7.27. The molecule has 0 aromatic carbocycles. The number of aliphatic hydroxyl groups is 5. The summed E-state index contributed by atoms with van der Waals surface area (Å²) in [7, 11) is 3.01. The standard InChI is InChI=1S/C44H62N2O12/c1-10-12-14-22-32-43(6,7)39(51)40(52)44(55,58-32)29(11-2)41(53)45-24-18-17-20-27(4)37(56-9)28(5)38-36(50)35(49)31(57-38)21-16-13-15-19-26(3)34(48)33-30(47)23-25-46(8)42(33)54/h10,12-23,25,28-29,31-32,35-40,47,49-52,55H,11,24H2,1-9H3,(H,45,53)/t28?,29?,31?,32?,35?,36?,37?,38?,39?,40?,44-/m1/s1. The molecule has 2 aliphatic rings. The molecule has 58 heavy (non-hydrogen) atoms. The molecule has 2 saturated heterocycles. The van der Waals surface area contributed by atoms with Crippen molar-refractivity contribution in [2.45, 2.75) is 110 Å². The van der Waals surface area contributed by atoms with E-state index >= 15 is 0 Å². The van der Waals surface area contributed by atoms with E-state index in [1.807, 2.05) is 26.8 Å². The van der Waals surface area contributed by atoms with Crippen molar-refractivity contribution < 1.29 is 54.4 Å².